The van der Waals surface area contributed by atoms with Crippen molar-refractivity contribution in [3.05, 3.63) is 71.8 Å². The van der Waals surface area contributed by atoms with Gasteiger partial charge in [-0.1, -0.05) is 198 Å². The molecule has 0 saturated heterocycles. The highest BCUT2D eigenvalue weighted by molar-refractivity contribution is 7.99. The van der Waals surface area contributed by atoms with Crippen molar-refractivity contribution in [2.24, 2.45) is 88.8 Å². The topological polar surface area (TPSA) is 309 Å². The zero-order valence-electron chi connectivity index (χ0n) is 72.7. The van der Waals surface area contributed by atoms with Gasteiger partial charge < -0.3 is 39.9 Å². The smallest absolute Gasteiger partial charge is 0.224 e. The molecule has 23 heteroatoms. The molecule has 0 bridgehead atoms. The minimum absolute atomic E-state index is 0.0219. The molecule has 0 saturated carbocycles. The molecule has 0 aromatic heterocycles. The maximum atomic E-state index is 13.3. The first kappa shape index (κ1) is 111. The summed E-state index contributed by atoms with van der Waals surface area (Å²) < 4.78 is 11.4. The van der Waals surface area contributed by atoms with Crippen LogP contribution in [0.5, 0.6) is 0 Å². The molecule has 0 aliphatic rings. The SMILES string of the molecule is CC(C)CC(NC(=O)C(CC=O)CCS(C)=O)C(=O)CC(Cc1ccccc1)C(=O)C(C)C.CCCCCC(CC=O)C(=O)C(C)C.CSCCC(CC=O)C(=O)C(C)C.CSCCC(CC=O)C(=O)NC(CC(C)C)C(=O)C(C)C.CSCCC(CC=O)C(=O)NC(CC(C)C)C(=O)CC(Cc1ccccc1)C(=O)C(C)C. The van der Waals surface area contributed by atoms with E-state index in [2.05, 4.69) is 22.9 Å². The summed E-state index contributed by atoms with van der Waals surface area (Å²) in [6.45, 7) is 32.8. The van der Waals surface area contributed by atoms with Crippen molar-refractivity contribution in [3.8, 4) is 0 Å². The van der Waals surface area contributed by atoms with E-state index in [9.17, 15) is 76.1 Å². The van der Waals surface area contributed by atoms with Gasteiger partial charge in [0.25, 0.3) is 0 Å². The lowest BCUT2D eigenvalue weighted by Crippen LogP contribution is -2.46. The number of aldehydes is 5. The first-order valence-electron chi connectivity index (χ1n) is 41.0. The van der Waals surface area contributed by atoms with E-state index in [4.69, 9.17) is 0 Å². The second-order valence-electron chi connectivity index (χ2n) is 32.4. The molecule has 0 aliphatic heterocycles. The summed E-state index contributed by atoms with van der Waals surface area (Å²) >= 11 is 4.99. The third-order valence-electron chi connectivity index (χ3n) is 19.1. The predicted molar refractivity (Wildman–Crippen MR) is 467 cm³/mol. The van der Waals surface area contributed by atoms with Crippen molar-refractivity contribution in [2.75, 3.05) is 48.0 Å². The summed E-state index contributed by atoms with van der Waals surface area (Å²) in [7, 11) is -1.07. The molecule has 2 aromatic carbocycles. The zero-order chi connectivity index (χ0) is 86.7. The van der Waals surface area contributed by atoms with Gasteiger partial charge in [-0.05, 0) is 129 Å². The minimum atomic E-state index is -1.07. The van der Waals surface area contributed by atoms with Crippen LogP contribution in [0.15, 0.2) is 60.7 Å². The molecule has 0 spiro atoms. The molecule has 3 amide bonds. The first-order chi connectivity index (χ1) is 53.3. The third kappa shape index (κ3) is 53.1. The zero-order valence-corrected chi connectivity index (χ0v) is 76.0. The number of Topliss-reactive ketones (excluding diaryl/α,β-unsaturated/α-hetero) is 7. The third-order valence-corrected chi connectivity index (χ3v) is 21.9. The lowest BCUT2D eigenvalue weighted by Gasteiger charge is -2.25. The van der Waals surface area contributed by atoms with Crippen LogP contribution in [-0.2, 0) is 95.6 Å². The molecular weight excluding hydrogens is 1510 g/mol. The number of nitrogens with one attached hydrogen (secondary N) is 3. The highest BCUT2D eigenvalue weighted by Gasteiger charge is 2.34. The largest absolute Gasteiger partial charge is 0.346 e. The Kier molecular flexibility index (Phi) is 66.1. The van der Waals surface area contributed by atoms with Crippen LogP contribution in [-0.4, -0.2) is 160 Å². The number of hydrogen-bond donors (Lipinski definition) is 3. The van der Waals surface area contributed by atoms with Crippen LogP contribution in [0.1, 0.15) is 244 Å². The number of carbonyl (C=O) groups is 15. The van der Waals surface area contributed by atoms with Crippen LogP contribution in [0, 0.1) is 88.8 Å². The van der Waals surface area contributed by atoms with Gasteiger partial charge in [0, 0.05) is 139 Å². The molecular formula is C90H147N3O16S4. The van der Waals surface area contributed by atoms with E-state index in [0.29, 0.717) is 82.2 Å². The highest BCUT2D eigenvalue weighted by Crippen LogP contribution is 2.26. The van der Waals surface area contributed by atoms with E-state index in [1.165, 1.54) is 0 Å². The number of carbonyl (C=O) groups excluding carboxylic acids is 15. The maximum absolute atomic E-state index is 13.3. The van der Waals surface area contributed by atoms with Crippen LogP contribution in [0.2, 0.25) is 0 Å². The van der Waals surface area contributed by atoms with Crippen LogP contribution in [0.4, 0.5) is 0 Å². The van der Waals surface area contributed by atoms with Crippen molar-refractivity contribution >= 4 is 136 Å². The van der Waals surface area contributed by atoms with Gasteiger partial charge in [0.1, 0.15) is 54.6 Å². The van der Waals surface area contributed by atoms with E-state index in [0.717, 1.165) is 85.6 Å². The number of unbranched alkanes of at least 4 members (excludes halogenated alkanes) is 2. The molecule has 11 unspecified atom stereocenters. The normalized spacial score (nSPS) is 14.1. The quantitative estimate of drug-likeness (QED) is 0.0409. The lowest BCUT2D eigenvalue weighted by molar-refractivity contribution is -0.133. The van der Waals surface area contributed by atoms with E-state index in [-0.39, 0.29) is 149 Å². The average molecular weight is 1660 g/mol. The minimum Gasteiger partial charge on any atom is -0.346 e. The van der Waals surface area contributed by atoms with Gasteiger partial charge in [0.2, 0.25) is 17.7 Å². The second-order valence-corrected chi connectivity index (χ2v) is 36.9. The summed E-state index contributed by atoms with van der Waals surface area (Å²) in [6, 6.07) is 17.5. The summed E-state index contributed by atoms with van der Waals surface area (Å²) in [5, 5.41) is 8.61. The Morgan fingerprint density at radius 2 is 0.637 bits per heavy atom. The molecule has 113 heavy (non-hydrogen) atoms. The molecule has 3 N–H and O–H groups in total. The Morgan fingerprint density at radius 1 is 0.363 bits per heavy atom. The fraction of sp³-hybridized carbons (Fsp3) is 0.700. The summed E-state index contributed by atoms with van der Waals surface area (Å²) in [5.74, 6) is 0.407. The number of thioether (sulfide) groups is 3. The molecule has 2 rings (SSSR count). The Morgan fingerprint density at radius 3 is 0.920 bits per heavy atom. The first-order valence-corrected chi connectivity index (χ1v) is 46.9. The van der Waals surface area contributed by atoms with E-state index >= 15 is 0 Å². The van der Waals surface area contributed by atoms with Gasteiger partial charge in [-0.2, -0.15) is 35.3 Å². The summed E-state index contributed by atoms with van der Waals surface area (Å²) in [4.78, 5) is 179. The monoisotopic (exact) mass is 1650 g/mol. The van der Waals surface area contributed by atoms with Gasteiger partial charge in [0.05, 0.1) is 18.1 Å². The summed E-state index contributed by atoms with van der Waals surface area (Å²) in [6.07, 6.45) is 22.0. The Labute approximate surface area is 696 Å². The molecule has 0 aliphatic carbocycles. The lowest BCUT2D eigenvalue weighted by atomic mass is 9.83. The van der Waals surface area contributed by atoms with Gasteiger partial charge in [-0.3, -0.25) is 52.2 Å². The predicted octanol–water partition coefficient (Wildman–Crippen LogP) is 15.9. The van der Waals surface area contributed by atoms with Crippen LogP contribution < -0.4 is 16.0 Å². The number of benzene rings is 2. The molecule has 11 atom stereocenters. The molecule has 0 radical (unpaired) electrons. The molecule has 0 fully saturated rings. The number of ketones is 7. The van der Waals surface area contributed by atoms with Gasteiger partial charge in [-0.25, -0.2) is 0 Å². The second kappa shape index (κ2) is 67.2. The summed E-state index contributed by atoms with van der Waals surface area (Å²) in [5.41, 5.74) is 2.01. The van der Waals surface area contributed by atoms with Gasteiger partial charge >= 0.3 is 0 Å². The Hall–Kier alpha value is -5.91. The molecule has 19 nitrogen and oxygen atoms in total. The van der Waals surface area contributed by atoms with Crippen molar-refractivity contribution in [1.29, 1.82) is 0 Å². The van der Waals surface area contributed by atoms with Crippen molar-refractivity contribution < 1.29 is 76.1 Å². The maximum Gasteiger partial charge on any atom is 0.224 e. The number of amides is 3. The number of hydrogen-bond acceptors (Lipinski definition) is 19. The van der Waals surface area contributed by atoms with Crippen LogP contribution in [0.25, 0.3) is 0 Å². The average Bonchev–Trinajstić information content (AvgIpc) is 0.861. The van der Waals surface area contributed by atoms with E-state index < -0.39 is 52.6 Å². The standard InChI is InChI=1S/C26H39NO5S.C26H39NO4S.C16H29NO3S.C12H22O2.C10H18O2S/c1-18(2)15-23(27-26(31)21(11-13-28)12-14-33(5)32)24(29)17-22(25(30)19(3)4)16-20-9-7-6-8-10-20;1-18(2)15-23(27-26(31)21(11-13-28)12-14-32-5)24(29)17-22(25(30)19(3)4)16-20-9-7-6-8-10-20;1-11(2)10-14(15(19)12(3)4)17-16(20)13(6-8-18)7-9-21-5;1-4-5-6-7-11(8-9-13)12(14)10(2)3;1-8(2)10(12)9(4-6-11)5-7-13-3/h6-10,13,18-19,21-23H,11-12,14-17H2,1-5H3,(H,27,31);6-10,13,18-19,21-23H,11-12,14-17H2,1-5H3,(H,27,31);8,11-14H,6-7,9-10H2,1-5H3,(H,17,20);9-11H,4-8H2,1-3H3;6,8-9H,4-5,7H2,1-3H3. The highest BCUT2D eigenvalue weighted by atomic mass is 32.2. The number of rotatable bonds is 58. The fourth-order valence-corrected chi connectivity index (χ4v) is 14.8. The van der Waals surface area contributed by atoms with Gasteiger partial charge in [0.15, 0.2) is 17.3 Å². The van der Waals surface area contributed by atoms with Crippen LogP contribution >= 0.6 is 35.3 Å². The molecule has 642 valence electrons. The van der Waals surface area contributed by atoms with E-state index in [1.807, 2.05) is 190 Å². The van der Waals surface area contributed by atoms with E-state index in [1.54, 1.807) is 41.5 Å². The van der Waals surface area contributed by atoms with Crippen molar-refractivity contribution in [1.82, 2.24) is 16.0 Å². The fourth-order valence-electron chi connectivity index (χ4n) is 12.6. The van der Waals surface area contributed by atoms with Gasteiger partial charge in [-0.15, -0.1) is 0 Å². The van der Waals surface area contributed by atoms with Crippen molar-refractivity contribution in [3.63, 3.8) is 0 Å². The molecule has 2 aromatic rings. The Bertz CT molecular complexity index is 3090. The Balaban J connectivity index is -0.00000140. The van der Waals surface area contributed by atoms with Crippen molar-refractivity contribution in [2.45, 2.75) is 264 Å². The molecule has 0 heterocycles. The van der Waals surface area contributed by atoms with Crippen LogP contribution in [0.3, 0.4) is 0 Å².